The second-order valence-electron chi connectivity index (χ2n) is 2.80. The topological polar surface area (TPSA) is 38.3 Å². The Balaban J connectivity index is 2.92. The van der Waals surface area contributed by atoms with E-state index in [1.165, 1.54) is 19.2 Å². The van der Waals surface area contributed by atoms with Crippen LogP contribution in [0.25, 0.3) is 0 Å². The number of amides is 1. The summed E-state index contributed by atoms with van der Waals surface area (Å²) in [4.78, 5) is 10.7. The molecule has 1 N–H and O–H groups in total. The molecule has 0 fully saturated rings. The molecule has 88 valence electrons. The molecule has 0 aromatic heterocycles. The fraction of sp³-hybridized carbons (Fsp3) is 0.222. The van der Waals surface area contributed by atoms with Gasteiger partial charge in [-0.2, -0.15) is 13.2 Å². The van der Waals surface area contributed by atoms with E-state index in [0.717, 1.165) is 0 Å². The summed E-state index contributed by atoms with van der Waals surface area (Å²) in [5.74, 6) is -1.68. The van der Waals surface area contributed by atoms with Crippen LogP contribution < -0.4 is 10.1 Å². The van der Waals surface area contributed by atoms with Crippen LogP contribution in [-0.2, 0) is 4.79 Å². The molecule has 1 aromatic carbocycles. The third-order valence-corrected chi connectivity index (χ3v) is 2.37. The standard InChI is InChI=1S/C9H7BrF3NO2/c1-16-5-2-3-6(10)7(4-5)14-8(15)9(11,12)13/h2-4H,1H3,(H,14,15). The van der Waals surface area contributed by atoms with Gasteiger partial charge in [0.15, 0.2) is 0 Å². The van der Waals surface area contributed by atoms with Crippen LogP contribution in [0.4, 0.5) is 18.9 Å². The molecule has 16 heavy (non-hydrogen) atoms. The van der Waals surface area contributed by atoms with E-state index in [1.54, 1.807) is 11.4 Å². The highest BCUT2D eigenvalue weighted by molar-refractivity contribution is 9.10. The molecule has 3 nitrogen and oxygen atoms in total. The molecular formula is C9H7BrF3NO2. The van der Waals surface area contributed by atoms with Crippen LogP contribution in [0.2, 0.25) is 0 Å². The number of rotatable bonds is 2. The van der Waals surface area contributed by atoms with Crippen molar-refractivity contribution >= 4 is 27.5 Å². The van der Waals surface area contributed by atoms with Gasteiger partial charge in [-0.05, 0) is 28.1 Å². The third-order valence-electron chi connectivity index (χ3n) is 1.68. The molecule has 0 aliphatic rings. The number of ether oxygens (including phenoxy) is 1. The normalized spacial score (nSPS) is 11.1. The Morgan fingerprint density at radius 1 is 1.44 bits per heavy atom. The summed E-state index contributed by atoms with van der Waals surface area (Å²) >= 11 is 3.02. The Kier molecular flexibility index (Phi) is 3.79. The quantitative estimate of drug-likeness (QED) is 0.911. The van der Waals surface area contributed by atoms with Gasteiger partial charge in [0.2, 0.25) is 0 Å². The predicted octanol–water partition coefficient (Wildman–Crippen LogP) is 2.96. The Bertz CT molecular complexity index is 406. The monoisotopic (exact) mass is 297 g/mol. The first kappa shape index (κ1) is 12.8. The molecule has 0 atom stereocenters. The van der Waals surface area contributed by atoms with Crippen LogP contribution >= 0.6 is 15.9 Å². The highest BCUT2D eigenvalue weighted by Gasteiger charge is 2.38. The summed E-state index contributed by atoms with van der Waals surface area (Å²) in [5, 5.41) is 1.73. The Labute approximate surface area is 97.7 Å². The first-order chi connectivity index (χ1) is 7.34. The number of benzene rings is 1. The molecular weight excluding hydrogens is 291 g/mol. The highest BCUT2D eigenvalue weighted by atomic mass is 79.9. The van der Waals surface area contributed by atoms with Crippen LogP contribution in [0.5, 0.6) is 5.75 Å². The van der Waals surface area contributed by atoms with E-state index in [2.05, 4.69) is 15.9 Å². The Morgan fingerprint density at radius 3 is 2.56 bits per heavy atom. The van der Waals surface area contributed by atoms with Crippen LogP contribution in [0, 0.1) is 0 Å². The lowest BCUT2D eigenvalue weighted by Gasteiger charge is -2.10. The number of halogens is 4. The molecule has 0 saturated carbocycles. The van der Waals surface area contributed by atoms with Gasteiger partial charge in [-0.3, -0.25) is 4.79 Å². The fourth-order valence-electron chi connectivity index (χ4n) is 0.920. The average molecular weight is 298 g/mol. The second-order valence-corrected chi connectivity index (χ2v) is 3.65. The van der Waals surface area contributed by atoms with Crippen LogP contribution in [0.15, 0.2) is 22.7 Å². The third kappa shape index (κ3) is 3.13. The van der Waals surface area contributed by atoms with E-state index >= 15 is 0 Å². The van der Waals surface area contributed by atoms with Crippen molar-refractivity contribution in [1.82, 2.24) is 0 Å². The maximum Gasteiger partial charge on any atom is 0.471 e. The van der Waals surface area contributed by atoms with Gasteiger partial charge < -0.3 is 10.1 Å². The lowest BCUT2D eigenvalue weighted by atomic mass is 10.3. The summed E-state index contributed by atoms with van der Waals surface area (Å²) in [6, 6.07) is 4.31. The first-order valence-corrected chi connectivity index (χ1v) is 4.85. The Hall–Kier alpha value is -1.24. The van der Waals surface area contributed by atoms with Gasteiger partial charge in [0.1, 0.15) is 5.75 Å². The highest BCUT2D eigenvalue weighted by Crippen LogP contribution is 2.28. The van der Waals surface area contributed by atoms with Gasteiger partial charge >= 0.3 is 12.1 Å². The zero-order valence-electron chi connectivity index (χ0n) is 8.06. The zero-order chi connectivity index (χ0) is 12.3. The summed E-state index contributed by atoms with van der Waals surface area (Å²) in [5.41, 5.74) is 0.00155. The van der Waals surface area contributed by atoms with Gasteiger partial charge in [-0.15, -0.1) is 0 Å². The van der Waals surface area contributed by atoms with Gasteiger partial charge in [0, 0.05) is 10.5 Å². The van der Waals surface area contributed by atoms with Crippen LogP contribution in [0.1, 0.15) is 0 Å². The van der Waals surface area contributed by atoms with Gasteiger partial charge in [0.05, 0.1) is 12.8 Å². The minimum atomic E-state index is -4.91. The maximum atomic E-state index is 12.0. The summed E-state index contributed by atoms with van der Waals surface area (Å²) in [6.45, 7) is 0. The van der Waals surface area contributed by atoms with Crippen molar-refractivity contribution in [2.45, 2.75) is 6.18 Å². The number of alkyl halides is 3. The Morgan fingerprint density at radius 2 is 2.06 bits per heavy atom. The van der Waals surface area contributed by atoms with Crippen molar-refractivity contribution in [1.29, 1.82) is 0 Å². The number of anilines is 1. The van der Waals surface area contributed by atoms with Gasteiger partial charge in [-0.25, -0.2) is 0 Å². The molecule has 0 heterocycles. The first-order valence-electron chi connectivity index (χ1n) is 4.06. The molecule has 0 unspecified atom stereocenters. The van der Waals surface area contributed by atoms with E-state index in [4.69, 9.17) is 4.74 Å². The second kappa shape index (κ2) is 4.73. The van der Waals surface area contributed by atoms with E-state index in [0.29, 0.717) is 10.2 Å². The van der Waals surface area contributed by atoms with E-state index in [-0.39, 0.29) is 5.69 Å². The minimum Gasteiger partial charge on any atom is -0.497 e. The summed E-state index contributed by atoms with van der Waals surface area (Å²) in [7, 11) is 1.37. The molecule has 0 aliphatic heterocycles. The number of hydrogen-bond acceptors (Lipinski definition) is 2. The molecule has 0 bridgehead atoms. The van der Waals surface area contributed by atoms with Crippen molar-refractivity contribution in [2.75, 3.05) is 12.4 Å². The van der Waals surface area contributed by atoms with Crippen molar-refractivity contribution in [2.24, 2.45) is 0 Å². The van der Waals surface area contributed by atoms with Crippen LogP contribution in [0.3, 0.4) is 0 Å². The number of carbonyl (C=O) groups is 1. The number of nitrogens with one attached hydrogen (secondary N) is 1. The average Bonchev–Trinajstić information content (AvgIpc) is 2.19. The number of carbonyl (C=O) groups excluding carboxylic acids is 1. The number of methoxy groups -OCH3 is 1. The lowest BCUT2D eigenvalue weighted by Crippen LogP contribution is -2.30. The number of hydrogen-bond donors (Lipinski definition) is 1. The van der Waals surface area contributed by atoms with E-state index in [9.17, 15) is 18.0 Å². The summed E-state index contributed by atoms with van der Waals surface area (Å²) in [6.07, 6.45) is -4.91. The SMILES string of the molecule is COc1ccc(Br)c(NC(=O)C(F)(F)F)c1. The molecule has 0 aliphatic carbocycles. The molecule has 1 amide bonds. The minimum absolute atomic E-state index is 0.00155. The van der Waals surface area contributed by atoms with Gasteiger partial charge in [0.25, 0.3) is 0 Å². The zero-order valence-corrected chi connectivity index (χ0v) is 9.65. The van der Waals surface area contributed by atoms with E-state index < -0.39 is 12.1 Å². The molecule has 7 heteroatoms. The molecule has 0 spiro atoms. The van der Waals surface area contributed by atoms with E-state index in [1.807, 2.05) is 0 Å². The lowest BCUT2D eigenvalue weighted by molar-refractivity contribution is -0.167. The van der Waals surface area contributed by atoms with Crippen molar-refractivity contribution in [3.63, 3.8) is 0 Å². The predicted molar refractivity (Wildman–Crippen MR) is 55.4 cm³/mol. The smallest absolute Gasteiger partial charge is 0.471 e. The largest absolute Gasteiger partial charge is 0.497 e. The van der Waals surface area contributed by atoms with Gasteiger partial charge in [-0.1, -0.05) is 0 Å². The maximum absolute atomic E-state index is 12.0. The van der Waals surface area contributed by atoms with Crippen molar-refractivity contribution in [3.8, 4) is 5.75 Å². The fourth-order valence-corrected chi connectivity index (χ4v) is 1.27. The molecule has 0 radical (unpaired) electrons. The summed E-state index contributed by atoms with van der Waals surface area (Å²) < 4.78 is 41.1. The molecule has 1 rings (SSSR count). The van der Waals surface area contributed by atoms with Crippen LogP contribution in [-0.4, -0.2) is 19.2 Å². The van der Waals surface area contributed by atoms with Crippen molar-refractivity contribution in [3.05, 3.63) is 22.7 Å². The van der Waals surface area contributed by atoms with Crippen molar-refractivity contribution < 1.29 is 22.7 Å². The molecule has 0 saturated heterocycles. The molecule has 1 aromatic rings.